The van der Waals surface area contributed by atoms with Crippen molar-refractivity contribution in [2.45, 2.75) is 19.3 Å². The fourth-order valence-corrected chi connectivity index (χ4v) is 4.87. The van der Waals surface area contributed by atoms with Crippen LogP contribution in [0.4, 0.5) is 18.9 Å². The molecular formula is C23H21Cl2F3N4O3S. The third-order valence-corrected chi connectivity index (χ3v) is 7.66. The summed E-state index contributed by atoms with van der Waals surface area (Å²) in [6.07, 6.45) is -3.51. The third-order valence-electron chi connectivity index (χ3n) is 5.04. The molecule has 13 heteroatoms. The molecule has 2 aromatic carbocycles. The quantitative estimate of drug-likeness (QED) is 0.397. The predicted octanol–water partition coefficient (Wildman–Crippen LogP) is 4.63. The minimum absolute atomic E-state index is 0.0456. The van der Waals surface area contributed by atoms with E-state index in [9.17, 15) is 26.4 Å². The Kier molecular flexibility index (Phi) is 8.83. The Morgan fingerprint density at radius 3 is 2.33 bits per heavy atom. The maximum absolute atomic E-state index is 12.9. The maximum atomic E-state index is 12.9. The Labute approximate surface area is 216 Å². The number of anilines is 1. The van der Waals surface area contributed by atoms with Gasteiger partial charge in [-0.05, 0) is 47.5 Å². The van der Waals surface area contributed by atoms with Gasteiger partial charge in [-0.2, -0.15) is 13.2 Å². The van der Waals surface area contributed by atoms with Gasteiger partial charge in [0.15, 0.2) is 0 Å². The second kappa shape index (κ2) is 11.5. The zero-order valence-corrected chi connectivity index (χ0v) is 20.9. The van der Waals surface area contributed by atoms with Gasteiger partial charge in [-0.15, -0.1) is 0 Å². The Hall–Kier alpha value is -2.86. The number of hydrogen-bond donors (Lipinski definition) is 2. The van der Waals surface area contributed by atoms with E-state index in [1.54, 1.807) is 18.2 Å². The van der Waals surface area contributed by atoms with Crippen molar-refractivity contribution in [3.05, 3.63) is 93.2 Å². The number of pyridine rings is 1. The van der Waals surface area contributed by atoms with Crippen LogP contribution >= 0.6 is 23.2 Å². The van der Waals surface area contributed by atoms with Crippen molar-refractivity contribution < 1.29 is 26.4 Å². The molecule has 0 aliphatic carbocycles. The lowest BCUT2D eigenvalue weighted by Gasteiger charge is -2.25. The van der Waals surface area contributed by atoms with Gasteiger partial charge in [-0.1, -0.05) is 41.4 Å². The number of halogens is 5. The first-order valence-electron chi connectivity index (χ1n) is 10.5. The lowest BCUT2D eigenvalue weighted by Crippen LogP contribution is -2.35. The number of nitrogens with two attached hydrogens (primary N) is 1. The van der Waals surface area contributed by atoms with E-state index in [-0.39, 0.29) is 46.7 Å². The average Bonchev–Trinajstić information content (AvgIpc) is 2.83. The molecule has 0 aliphatic heterocycles. The Balaban J connectivity index is 1.76. The van der Waals surface area contributed by atoms with E-state index in [0.717, 1.165) is 16.6 Å². The van der Waals surface area contributed by atoms with Crippen LogP contribution in [0.2, 0.25) is 10.0 Å². The van der Waals surface area contributed by atoms with Crippen molar-refractivity contribution in [2.24, 2.45) is 5.73 Å². The van der Waals surface area contributed by atoms with Gasteiger partial charge in [0.05, 0.1) is 28.0 Å². The van der Waals surface area contributed by atoms with Gasteiger partial charge in [0.1, 0.15) is 5.69 Å². The van der Waals surface area contributed by atoms with Gasteiger partial charge < -0.3 is 11.1 Å². The molecule has 3 rings (SSSR count). The van der Waals surface area contributed by atoms with Gasteiger partial charge in [0, 0.05) is 24.8 Å². The molecule has 36 heavy (non-hydrogen) atoms. The van der Waals surface area contributed by atoms with E-state index in [2.05, 4.69) is 10.3 Å². The van der Waals surface area contributed by atoms with Crippen LogP contribution in [0.15, 0.2) is 60.8 Å². The Morgan fingerprint density at radius 1 is 1.06 bits per heavy atom. The van der Waals surface area contributed by atoms with Crippen LogP contribution < -0.4 is 15.4 Å². The minimum Gasteiger partial charge on any atom is -0.348 e. The number of alkyl halides is 3. The number of rotatable bonds is 9. The summed E-state index contributed by atoms with van der Waals surface area (Å²) < 4.78 is 64.8. The Bertz CT molecular complexity index is 1320. The lowest BCUT2D eigenvalue weighted by molar-refractivity contribution is -0.141. The summed E-state index contributed by atoms with van der Waals surface area (Å²) in [5.74, 6) is -0.815. The summed E-state index contributed by atoms with van der Waals surface area (Å²) in [4.78, 5) is 15.9. The van der Waals surface area contributed by atoms with Crippen LogP contribution in [0, 0.1) is 0 Å². The molecule has 3 N–H and O–H groups in total. The normalized spacial score (nSPS) is 11.8. The summed E-state index contributed by atoms with van der Waals surface area (Å²) in [6.45, 7) is -0.244. The second-order valence-corrected chi connectivity index (χ2v) is 10.4. The summed E-state index contributed by atoms with van der Waals surface area (Å²) in [6, 6.07) is 12.7. The van der Waals surface area contributed by atoms with Crippen molar-refractivity contribution in [3.8, 4) is 0 Å². The van der Waals surface area contributed by atoms with Crippen LogP contribution in [0.5, 0.6) is 0 Å². The van der Waals surface area contributed by atoms with E-state index in [4.69, 9.17) is 28.9 Å². The van der Waals surface area contributed by atoms with Crippen molar-refractivity contribution >= 4 is 44.8 Å². The highest BCUT2D eigenvalue weighted by atomic mass is 35.5. The van der Waals surface area contributed by atoms with Crippen molar-refractivity contribution in [3.63, 3.8) is 0 Å². The van der Waals surface area contributed by atoms with Crippen LogP contribution in [-0.2, 0) is 29.3 Å². The van der Waals surface area contributed by atoms with Crippen LogP contribution in [-0.4, -0.2) is 31.6 Å². The minimum atomic E-state index is -4.55. The van der Waals surface area contributed by atoms with Gasteiger partial charge in [0.2, 0.25) is 10.0 Å². The van der Waals surface area contributed by atoms with Gasteiger partial charge in [0.25, 0.3) is 5.91 Å². The third kappa shape index (κ3) is 6.88. The van der Waals surface area contributed by atoms with E-state index in [0.29, 0.717) is 11.1 Å². The number of nitrogens with zero attached hydrogens (tertiary/aromatic N) is 2. The number of hydrogen-bond acceptors (Lipinski definition) is 5. The molecule has 3 aromatic rings. The molecule has 1 heterocycles. The number of sulfonamides is 1. The first-order valence-corrected chi connectivity index (χ1v) is 12.8. The molecule has 0 atom stereocenters. The summed E-state index contributed by atoms with van der Waals surface area (Å²) in [5.41, 5.74) is 5.82. The first-order chi connectivity index (χ1) is 16.9. The average molecular weight is 561 g/mol. The van der Waals surface area contributed by atoms with E-state index < -0.39 is 27.8 Å². The van der Waals surface area contributed by atoms with Gasteiger partial charge in [-0.25, -0.2) is 8.42 Å². The molecule has 0 radical (unpaired) electrons. The monoisotopic (exact) mass is 560 g/mol. The highest BCUT2D eigenvalue weighted by Gasteiger charge is 2.32. The number of carbonyl (C=O) groups is 1. The number of aromatic nitrogens is 1. The molecule has 1 aromatic heterocycles. The van der Waals surface area contributed by atoms with Crippen molar-refractivity contribution in [1.29, 1.82) is 0 Å². The SMILES string of the molecule is NCCS(=O)(=O)N(Cc1cccc(Cl)c1Cl)c1ccc(C(=O)NCc2ccc(C(F)(F)F)nc2)cc1. The molecule has 0 spiro atoms. The Morgan fingerprint density at radius 2 is 1.75 bits per heavy atom. The molecule has 0 saturated heterocycles. The highest BCUT2D eigenvalue weighted by molar-refractivity contribution is 7.92. The van der Waals surface area contributed by atoms with Gasteiger partial charge >= 0.3 is 6.18 Å². The summed E-state index contributed by atoms with van der Waals surface area (Å²) >= 11 is 12.3. The number of benzene rings is 2. The summed E-state index contributed by atoms with van der Waals surface area (Å²) in [5, 5.41) is 3.09. The number of amides is 1. The fourth-order valence-electron chi connectivity index (χ4n) is 3.19. The standard InChI is InChI=1S/C23H21Cl2F3N4O3S/c24-19-3-1-2-17(21(19)25)14-32(36(34,35)11-10-29)18-7-5-16(6-8-18)22(33)31-13-15-4-9-20(30-12-15)23(26,27)28/h1-9,12H,10-11,13-14,29H2,(H,31,33). The zero-order chi connectivity index (χ0) is 26.5. The predicted molar refractivity (Wildman–Crippen MR) is 132 cm³/mol. The highest BCUT2D eigenvalue weighted by Crippen LogP contribution is 2.30. The zero-order valence-electron chi connectivity index (χ0n) is 18.6. The van der Waals surface area contributed by atoms with Crippen LogP contribution in [0.1, 0.15) is 27.2 Å². The molecular weight excluding hydrogens is 540 g/mol. The topological polar surface area (TPSA) is 105 Å². The van der Waals surface area contributed by atoms with Crippen molar-refractivity contribution in [2.75, 3.05) is 16.6 Å². The molecule has 0 aliphatic rings. The molecule has 0 bridgehead atoms. The fraction of sp³-hybridized carbons (Fsp3) is 0.217. The van der Waals surface area contributed by atoms with Gasteiger partial charge in [-0.3, -0.25) is 14.1 Å². The summed E-state index contributed by atoms with van der Waals surface area (Å²) in [7, 11) is -3.83. The van der Waals surface area contributed by atoms with E-state index >= 15 is 0 Å². The maximum Gasteiger partial charge on any atom is 0.433 e. The van der Waals surface area contributed by atoms with E-state index in [1.807, 2.05) is 0 Å². The second-order valence-electron chi connectivity index (χ2n) is 7.60. The lowest BCUT2D eigenvalue weighted by atomic mass is 10.1. The van der Waals surface area contributed by atoms with E-state index in [1.165, 1.54) is 30.3 Å². The molecule has 192 valence electrons. The number of nitrogens with one attached hydrogen (secondary N) is 1. The molecule has 0 saturated carbocycles. The molecule has 0 unspecified atom stereocenters. The molecule has 0 fully saturated rings. The molecule has 7 nitrogen and oxygen atoms in total. The first kappa shape index (κ1) is 27.7. The number of carbonyl (C=O) groups excluding carboxylic acids is 1. The van der Waals surface area contributed by atoms with Crippen molar-refractivity contribution in [1.82, 2.24) is 10.3 Å². The van der Waals surface area contributed by atoms with Crippen LogP contribution in [0.3, 0.4) is 0 Å². The van der Waals surface area contributed by atoms with Crippen LogP contribution in [0.25, 0.3) is 0 Å². The molecule has 1 amide bonds. The smallest absolute Gasteiger partial charge is 0.348 e. The largest absolute Gasteiger partial charge is 0.433 e.